The molecule has 0 aliphatic carbocycles. The molecular formula is C23H42O2. The van der Waals surface area contributed by atoms with Crippen molar-refractivity contribution in [3.8, 4) is 0 Å². The van der Waals surface area contributed by atoms with Crippen LogP contribution in [0, 0.1) is 0 Å². The van der Waals surface area contributed by atoms with E-state index in [0.29, 0.717) is 13.0 Å². The fraction of sp³-hybridized carbons (Fsp3) is 0.783. The van der Waals surface area contributed by atoms with Crippen LogP contribution in [0.25, 0.3) is 0 Å². The Kier molecular flexibility index (Phi) is 17.0. The SMILES string of the molecule is CCCCCCCCCC/C=C(\C)CCC/C(C)=C/COC(=O)CC. The summed E-state index contributed by atoms with van der Waals surface area (Å²) in [6.07, 6.45) is 20.7. The molecule has 0 unspecified atom stereocenters. The van der Waals surface area contributed by atoms with E-state index in [-0.39, 0.29) is 5.97 Å². The van der Waals surface area contributed by atoms with Crippen LogP contribution < -0.4 is 0 Å². The van der Waals surface area contributed by atoms with Crippen molar-refractivity contribution in [2.24, 2.45) is 0 Å². The third kappa shape index (κ3) is 17.6. The molecule has 0 heterocycles. The van der Waals surface area contributed by atoms with E-state index in [2.05, 4.69) is 26.8 Å². The van der Waals surface area contributed by atoms with Gasteiger partial charge in [0.15, 0.2) is 0 Å². The predicted octanol–water partition coefficient (Wildman–Crippen LogP) is 7.53. The number of esters is 1. The van der Waals surface area contributed by atoms with E-state index in [1.807, 2.05) is 13.0 Å². The molecule has 0 aliphatic heterocycles. The zero-order chi connectivity index (χ0) is 18.8. The van der Waals surface area contributed by atoms with Crippen LogP contribution in [0.1, 0.15) is 111 Å². The number of carbonyl (C=O) groups is 1. The third-order valence-electron chi connectivity index (χ3n) is 4.66. The van der Waals surface area contributed by atoms with Gasteiger partial charge in [0.1, 0.15) is 6.61 Å². The quantitative estimate of drug-likeness (QED) is 0.163. The van der Waals surface area contributed by atoms with Crippen LogP contribution >= 0.6 is 0 Å². The molecule has 0 amide bonds. The molecule has 25 heavy (non-hydrogen) atoms. The van der Waals surface area contributed by atoms with Crippen molar-refractivity contribution in [2.45, 2.75) is 111 Å². The van der Waals surface area contributed by atoms with Gasteiger partial charge in [-0.1, -0.05) is 76.0 Å². The maximum Gasteiger partial charge on any atom is 0.305 e. The van der Waals surface area contributed by atoms with Crippen molar-refractivity contribution in [1.82, 2.24) is 0 Å². The summed E-state index contributed by atoms with van der Waals surface area (Å²) in [5.74, 6) is -0.121. The largest absolute Gasteiger partial charge is 0.461 e. The highest BCUT2D eigenvalue weighted by atomic mass is 16.5. The number of rotatable bonds is 16. The molecule has 0 aromatic rings. The second kappa shape index (κ2) is 17.8. The van der Waals surface area contributed by atoms with Crippen molar-refractivity contribution in [3.63, 3.8) is 0 Å². The highest BCUT2D eigenvalue weighted by Gasteiger charge is 1.97. The van der Waals surface area contributed by atoms with Gasteiger partial charge in [-0.15, -0.1) is 0 Å². The number of ether oxygens (including phenoxy) is 1. The minimum atomic E-state index is -0.121. The Hall–Kier alpha value is -1.05. The molecule has 146 valence electrons. The summed E-state index contributed by atoms with van der Waals surface area (Å²) in [5, 5.41) is 0. The molecule has 0 aliphatic rings. The van der Waals surface area contributed by atoms with Gasteiger partial charge in [0.2, 0.25) is 0 Å². The molecule has 0 fully saturated rings. The molecule has 0 bridgehead atoms. The molecule has 0 atom stereocenters. The maximum atomic E-state index is 11.1. The standard InChI is InChI=1S/C23H42O2/c1-5-7-8-9-10-11-12-13-14-16-21(3)17-15-18-22(4)19-20-25-23(24)6-2/h16,19H,5-15,17-18,20H2,1-4H3/b21-16+,22-19+. The summed E-state index contributed by atoms with van der Waals surface area (Å²) in [5.41, 5.74) is 2.84. The topological polar surface area (TPSA) is 26.3 Å². The molecule has 0 N–H and O–H groups in total. The monoisotopic (exact) mass is 350 g/mol. The van der Waals surface area contributed by atoms with E-state index >= 15 is 0 Å². The molecule has 2 nitrogen and oxygen atoms in total. The molecular weight excluding hydrogens is 308 g/mol. The summed E-state index contributed by atoms with van der Waals surface area (Å²) >= 11 is 0. The zero-order valence-corrected chi connectivity index (χ0v) is 17.4. The van der Waals surface area contributed by atoms with Crippen LogP contribution in [0.5, 0.6) is 0 Å². The fourth-order valence-electron chi connectivity index (χ4n) is 2.86. The molecule has 0 aromatic heterocycles. The van der Waals surface area contributed by atoms with E-state index in [0.717, 1.165) is 6.42 Å². The Balaban J connectivity index is 3.58. The van der Waals surface area contributed by atoms with Crippen molar-refractivity contribution >= 4 is 5.97 Å². The first-order valence-electron chi connectivity index (χ1n) is 10.6. The summed E-state index contributed by atoms with van der Waals surface area (Å²) in [4.78, 5) is 11.1. The van der Waals surface area contributed by atoms with Crippen molar-refractivity contribution < 1.29 is 9.53 Å². The molecule has 0 aromatic carbocycles. The summed E-state index contributed by atoms with van der Waals surface area (Å²) in [6.45, 7) is 8.90. The van der Waals surface area contributed by atoms with Gasteiger partial charge in [-0.25, -0.2) is 0 Å². The van der Waals surface area contributed by atoms with Crippen molar-refractivity contribution in [1.29, 1.82) is 0 Å². The lowest BCUT2D eigenvalue weighted by atomic mass is 10.0. The summed E-state index contributed by atoms with van der Waals surface area (Å²) in [7, 11) is 0. The average molecular weight is 351 g/mol. The predicted molar refractivity (Wildman–Crippen MR) is 110 cm³/mol. The van der Waals surface area contributed by atoms with Crippen LogP contribution in [-0.4, -0.2) is 12.6 Å². The van der Waals surface area contributed by atoms with Gasteiger partial charge in [0.05, 0.1) is 0 Å². The molecule has 0 rings (SSSR count). The Bertz CT molecular complexity index is 380. The fourth-order valence-corrected chi connectivity index (χ4v) is 2.86. The maximum absolute atomic E-state index is 11.1. The summed E-state index contributed by atoms with van der Waals surface area (Å²) < 4.78 is 5.08. The highest BCUT2D eigenvalue weighted by Crippen LogP contribution is 2.14. The number of hydrogen-bond donors (Lipinski definition) is 0. The van der Waals surface area contributed by atoms with Gasteiger partial charge in [-0.2, -0.15) is 0 Å². The van der Waals surface area contributed by atoms with E-state index < -0.39 is 0 Å². The van der Waals surface area contributed by atoms with E-state index in [1.54, 1.807) is 0 Å². The van der Waals surface area contributed by atoms with Crippen LogP contribution in [0.2, 0.25) is 0 Å². The van der Waals surface area contributed by atoms with E-state index in [4.69, 9.17) is 4.74 Å². The average Bonchev–Trinajstić information content (AvgIpc) is 2.60. The first-order valence-corrected chi connectivity index (χ1v) is 10.6. The van der Waals surface area contributed by atoms with Crippen LogP contribution in [0.15, 0.2) is 23.3 Å². The second-order valence-corrected chi connectivity index (χ2v) is 7.25. The lowest BCUT2D eigenvalue weighted by molar-refractivity contribution is -0.141. The van der Waals surface area contributed by atoms with Crippen LogP contribution in [-0.2, 0) is 9.53 Å². The smallest absolute Gasteiger partial charge is 0.305 e. The van der Waals surface area contributed by atoms with Crippen molar-refractivity contribution in [3.05, 3.63) is 23.3 Å². The molecule has 0 saturated heterocycles. The number of unbranched alkanes of at least 4 members (excludes halogenated alkanes) is 8. The van der Waals surface area contributed by atoms with E-state index in [1.165, 1.54) is 81.8 Å². The Labute approximate surface area is 157 Å². The van der Waals surface area contributed by atoms with Gasteiger partial charge in [0.25, 0.3) is 0 Å². The van der Waals surface area contributed by atoms with Crippen LogP contribution in [0.4, 0.5) is 0 Å². The van der Waals surface area contributed by atoms with Gasteiger partial charge >= 0.3 is 5.97 Å². The number of carbonyl (C=O) groups excluding carboxylic acids is 1. The molecule has 0 spiro atoms. The van der Waals surface area contributed by atoms with E-state index in [9.17, 15) is 4.79 Å². The van der Waals surface area contributed by atoms with Gasteiger partial charge < -0.3 is 4.74 Å². The van der Waals surface area contributed by atoms with Gasteiger partial charge in [-0.3, -0.25) is 4.79 Å². The Morgan fingerprint density at radius 2 is 1.32 bits per heavy atom. The number of allylic oxidation sites excluding steroid dienone is 3. The van der Waals surface area contributed by atoms with Gasteiger partial charge in [0, 0.05) is 6.42 Å². The number of hydrogen-bond acceptors (Lipinski definition) is 2. The minimum absolute atomic E-state index is 0.121. The minimum Gasteiger partial charge on any atom is -0.461 e. The molecule has 2 heteroatoms. The van der Waals surface area contributed by atoms with Crippen LogP contribution in [0.3, 0.4) is 0 Å². The second-order valence-electron chi connectivity index (χ2n) is 7.25. The summed E-state index contributed by atoms with van der Waals surface area (Å²) in [6, 6.07) is 0. The van der Waals surface area contributed by atoms with Crippen molar-refractivity contribution in [2.75, 3.05) is 6.61 Å². The normalized spacial score (nSPS) is 12.5. The lowest BCUT2D eigenvalue weighted by Crippen LogP contribution is -2.02. The highest BCUT2D eigenvalue weighted by molar-refractivity contribution is 5.68. The lowest BCUT2D eigenvalue weighted by Gasteiger charge is -2.04. The van der Waals surface area contributed by atoms with Gasteiger partial charge in [-0.05, 0) is 52.0 Å². The molecule has 0 radical (unpaired) electrons. The zero-order valence-electron chi connectivity index (χ0n) is 17.4. The molecule has 0 saturated carbocycles. The first kappa shape index (κ1) is 23.9. The third-order valence-corrected chi connectivity index (χ3v) is 4.66. The Morgan fingerprint density at radius 3 is 1.92 bits per heavy atom. The first-order chi connectivity index (χ1) is 12.1. The Morgan fingerprint density at radius 1 is 0.760 bits per heavy atom.